The molecule has 2 aromatic heterocycles. The van der Waals surface area contributed by atoms with Gasteiger partial charge in [0.25, 0.3) is 0 Å². The number of nitrogens with zero attached hydrogens (tertiary/aromatic N) is 2. The van der Waals surface area contributed by atoms with Crippen molar-refractivity contribution in [3.05, 3.63) is 133 Å². The summed E-state index contributed by atoms with van der Waals surface area (Å²) in [7, 11) is 0. The van der Waals surface area contributed by atoms with Gasteiger partial charge in [-0.15, -0.1) is 0 Å². The molecule has 0 fully saturated rings. The molecule has 0 saturated heterocycles. The van der Waals surface area contributed by atoms with E-state index >= 15 is 0 Å². The molecule has 8 aromatic rings. The third kappa shape index (κ3) is 2.94. The average molecular weight is 515 g/mol. The third-order valence-corrected chi connectivity index (χ3v) is 9.18. The van der Waals surface area contributed by atoms with Crippen LogP contribution in [0.15, 0.2) is 143 Å². The van der Waals surface area contributed by atoms with Crippen molar-refractivity contribution in [3.8, 4) is 22.5 Å². The largest absolute Gasteiger partial charge is 0.295 e. The number of fused-ring (bicyclic) bond motifs is 8. The molecule has 1 aliphatic heterocycles. The first-order valence-corrected chi connectivity index (χ1v) is 14.1. The van der Waals surface area contributed by atoms with Crippen molar-refractivity contribution < 1.29 is 0 Å². The van der Waals surface area contributed by atoms with Crippen LogP contribution in [0.4, 0.5) is 0 Å². The third-order valence-electron chi connectivity index (χ3n) is 8.07. The number of aromatic nitrogens is 2. The van der Waals surface area contributed by atoms with Crippen LogP contribution in [0.25, 0.3) is 66.1 Å². The number of rotatable bonds is 2. The molecule has 0 N–H and O–H groups in total. The van der Waals surface area contributed by atoms with Crippen molar-refractivity contribution in [1.82, 2.24) is 9.13 Å². The molecule has 3 heteroatoms. The van der Waals surface area contributed by atoms with E-state index in [1.807, 2.05) is 11.8 Å². The van der Waals surface area contributed by atoms with Crippen LogP contribution in [0.3, 0.4) is 0 Å². The first-order chi connectivity index (χ1) is 19.3. The second-order valence-corrected chi connectivity index (χ2v) is 11.3. The second-order valence-electron chi connectivity index (χ2n) is 10.2. The molecule has 6 aromatic carbocycles. The summed E-state index contributed by atoms with van der Waals surface area (Å²) in [6.07, 6.45) is 0. The Bertz CT molecular complexity index is 2250. The molecular weight excluding hydrogens is 492 g/mol. The van der Waals surface area contributed by atoms with Crippen LogP contribution in [-0.4, -0.2) is 9.13 Å². The molecular formula is C36H22N2S. The number of benzene rings is 6. The number of hydrogen-bond acceptors (Lipinski definition) is 1. The molecule has 0 unspecified atom stereocenters. The van der Waals surface area contributed by atoms with Gasteiger partial charge in [-0.05, 0) is 70.4 Å². The van der Waals surface area contributed by atoms with Crippen LogP contribution < -0.4 is 0 Å². The van der Waals surface area contributed by atoms with Gasteiger partial charge in [0.05, 0.1) is 16.7 Å². The van der Waals surface area contributed by atoms with E-state index in [0.717, 1.165) is 0 Å². The van der Waals surface area contributed by atoms with Gasteiger partial charge in [0.2, 0.25) is 0 Å². The SMILES string of the molecule is c1ccc(-n2c3ccc(-c4ccc5ccccc5c4)cc3c3c4cccc5c4n(c32)-c2ccccc2S5)cc1. The summed E-state index contributed by atoms with van der Waals surface area (Å²) in [4.78, 5) is 2.59. The van der Waals surface area contributed by atoms with E-state index in [0.29, 0.717) is 0 Å². The van der Waals surface area contributed by atoms with Gasteiger partial charge in [0.1, 0.15) is 5.65 Å². The summed E-state index contributed by atoms with van der Waals surface area (Å²) in [5.41, 5.74) is 8.65. The average Bonchev–Trinajstić information content (AvgIpc) is 3.51. The summed E-state index contributed by atoms with van der Waals surface area (Å²) >= 11 is 1.87. The molecule has 3 heterocycles. The Morgan fingerprint density at radius 1 is 0.487 bits per heavy atom. The minimum Gasteiger partial charge on any atom is -0.295 e. The van der Waals surface area contributed by atoms with Crippen molar-refractivity contribution in [2.45, 2.75) is 9.79 Å². The van der Waals surface area contributed by atoms with Crippen LogP contribution in [0, 0.1) is 0 Å². The van der Waals surface area contributed by atoms with Crippen LogP contribution in [0.2, 0.25) is 0 Å². The summed E-state index contributed by atoms with van der Waals surface area (Å²) < 4.78 is 4.94. The fourth-order valence-corrected chi connectivity index (χ4v) is 7.46. The smallest absolute Gasteiger partial charge is 0.131 e. The Morgan fingerprint density at radius 3 is 2.15 bits per heavy atom. The quantitative estimate of drug-likeness (QED) is 0.223. The van der Waals surface area contributed by atoms with Crippen molar-refractivity contribution >= 4 is 55.4 Å². The van der Waals surface area contributed by atoms with Gasteiger partial charge < -0.3 is 0 Å². The van der Waals surface area contributed by atoms with E-state index in [9.17, 15) is 0 Å². The maximum atomic E-state index is 2.49. The molecule has 9 rings (SSSR count). The number of hydrogen-bond donors (Lipinski definition) is 0. The van der Waals surface area contributed by atoms with Gasteiger partial charge in [0.15, 0.2) is 0 Å². The lowest BCUT2D eigenvalue weighted by molar-refractivity contribution is 1.03. The molecule has 0 saturated carbocycles. The Morgan fingerprint density at radius 2 is 1.23 bits per heavy atom. The lowest BCUT2D eigenvalue weighted by atomic mass is 9.99. The maximum Gasteiger partial charge on any atom is 0.131 e. The Balaban J connectivity index is 1.45. The van der Waals surface area contributed by atoms with Gasteiger partial charge in [-0.25, -0.2) is 0 Å². The zero-order valence-corrected chi connectivity index (χ0v) is 21.8. The molecule has 39 heavy (non-hydrogen) atoms. The Hall–Kier alpha value is -4.73. The minimum atomic E-state index is 1.17. The Labute approximate surface area is 229 Å². The van der Waals surface area contributed by atoms with Crippen molar-refractivity contribution in [2.24, 2.45) is 0 Å². The topological polar surface area (TPSA) is 9.86 Å². The molecule has 182 valence electrons. The first-order valence-electron chi connectivity index (χ1n) is 13.3. The van der Waals surface area contributed by atoms with Gasteiger partial charge in [-0.2, -0.15) is 0 Å². The zero-order chi connectivity index (χ0) is 25.5. The number of para-hydroxylation sites is 3. The van der Waals surface area contributed by atoms with Crippen molar-refractivity contribution in [1.29, 1.82) is 0 Å². The standard InChI is InChI=1S/C36H22N2S/c1-2-11-27(12-3-1)37-30-20-19-26(25-18-17-23-9-4-5-10-24(23)21-25)22-29(30)34-28-13-8-16-33-35(28)38(36(34)37)31-14-6-7-15-32(31)39-33/h1-22H. The molecule has 0 amide bonds. The van der Waals surface area contributed by atoms with E-state index in [1.165, 1.54) is 75.9 Å². The monoisotopic (exact) mass is 514 g/mol. The van der Waals surface area contributed by atoms with E-state index in [4.69, 9.17) is 0 Å². The van der Waals surface area contributed by atoms with E-state index in [1.54, 1.807) is 0 Å². The fourth-order valence-electron chi connectivity index (χ4n) is 6.37. The molecule has 1 aliphatic rings. The van der Waals surface area contributed by atoms with Crippen LogP contribution in [-0.2, 0) is 0 Å². The second kappa shape index (κ2) is 7.89. The van der Waals surface area contributed by atoms with Gasteiger partial charge >= 0.3 is 0 Å². The first kappa shape index (κ1) is 21.2. The highest BCUT2D eigenvalue weighted by atomic mass is 32.2. The molecule has 0 radical (unpaired) electrons. The lowest BCUT2D eigenvalue weighted by Crippen LogP contribution is -2.05. The summed E-state index contributed by atoms with van der Waals surface area (Å²) in [6, 6.07) is 48.7. The summed E-state index contributed by atoms with van der Waals surface area (Å²) in [5, 5.41) is 6.43. The molecule has 2 nitrogen and oxygen atoms in total. The highest BCUT2D eigenvalue weighted by molar-refractivity contribution is 7.99. The predicted octanol–water partition coefficient (Wildman–Crippen LogP) is 10.0. The van der Waals surface area contributed by atoms with Crippen LogP contribution in [0.5, 0.6) is 0 Å². The van der Waals surface area contributed by atoms with Gasteiger partial charge in [0, 0.05) is 31.6 Å². The molecule has 0 atom stereocenters. The molecule has 0 bridgehead atoms. The van der Waals surface area contributed by atoms with Gasteiger partial charge in [-0.1, -0.05) is 96.7 Å². The summed E-state index contributed by atoms with van der Waals surface area (Å²) in [5.74, 6) is 0. The van der Waals surface area contributed by atoms with Crippen molar-refractivity contribution in [2.75, 3.05) is 0 Å². The summed E-state index contributed by atoms with van der Waals surface area (Å²) in [6.45, 7) is 0. The van der Waals surface area contributed by atoms with E-state index < -0.39 is 0 Å². The van der Waals surface area contributed by atoms with E-state index in [-0.39, 0.29) is 0 Å². The molecule has 0 spiro atoms. The lowest BCUT2D eigenvalue weighted by Gasteiger charge is -2.21. The minimum absolute atomic E-state index is 1.17. The van der Waals surface area contributed by atoms with E-state index in [2.05, 4.69) is 143 Å². The Kier molecular flexibility index (Phi) is 4.29. The molecule has 0 aliphatic carbocycles. The fraction of sp³-hybridized carbons (Fsp3) is 0. The van der Waals surface area contributed by atoms with Gasteiger partial charge in [-0.3, -0.25) is 9.13 Å². The van der Waals surface area contributed by atoms with Crippen LogP contribution in [0.1, 0.15) is 0 Å². The highest BCUT2D eigenvalue weighted by Gasteiger charge is 2.27. The predicted molar refractivity (Wildman–Crippen MR) is 165 cm³/mol. The highest BCUT2D eigenvalue weighted by Crippen LogP contribution is 2.49. The maximum absolute atomic E-state index is 2.49. The normalized spacial score (nSPS) is 12.5. The van der Waals surface area contributed by atoms with Crippen molar-refractivity contribution in [3.63, 3.8) is 0 Å². The zero-order valence-electron chi connectivity index (χ0n) is 21.0. The van der Waals surface area contributed by atoms with Crippen LogP contribution >= 0.6 is 11.8 Å².